The van der Waals surface area contributed by atoms with Crippen molar-refractivity contribution in [2.75, 3.05) is 0 Å². The molecule has 3 unspecified atom stereocenters. The zero-order valence-electron chi connectivity index (χ0n) is 11.5. The standard InChI is InChI=1S/C16H24O/c1-11-5-8-15(17)10-13(11)9-14-7-6-12(2)16(14,3)4/h5-6,8,11,13-14H,7,9-10H2,1-4H3. The van der Waals surface area contributed by atoms with Crippen LogP contribution < -0.4 is 0 Å². The molecular weight excluding hydrogens is 208 g/mol. The van der Waals surface area contributed by atoms with Crippen LogP contribution in [0.5, 0.6) is 0 Å². The quantitative estimate of drug-likeness (QED) is 0.654. The Balaban J connectivity index is 2.03. The Bertz CT molecular complexity index is 373. The predicted molar refractivity (Wildman–Crippen MR) is 71.7 cm³/mol. The molecule has 0 heterocycles. The topological polar surface area (TPSA) is 17.1 Å². The lowest BCUT2D eigenvalue weighted by molar-refractivity contribution is -0.116. The van der Waals surface area contributed by atoms with Crippen LogP contribution in [0.15, 0.2) is 23.8 Å². The van der Waals surface area contributed by atoms with E-state index in [0.29, 0.717) is 29.0 Å². The summed E-state index contributed by atoms with van der Waals surface area (Å²) in [5.74, 6) is 2.14. The van der Waals surface area contributed by atoms with E-state index in [9.17, 15) is 4.79 Å². The third-order valence-electron chi connectivity index (χ3n) is 5.13. The number of carbonyl (C=O) groups excluding carboxylic acids is 1. The molecule has 0 aromatic heterocycles. The van der Waals surface area contributed by atoms with Crippen LogP contribution in [0.2, 0.25) is 0 Å². The minimum Gasteiger partial charge on any atom is -0.295 e. The van der Waals surface area contributed by atoms with Gasteiger partial charge in [0.15, 0.2) is 5.78 Å². The van der Waals surface area contributed by atoms with Gasteiger partial charge in [-0.3, -0.25) is 4.79 Å². The summed E-state index contributed by atoms with van der Waals surface area (Å²) in [5, 5.41) is 0. The molecule has 0 N–H and O–H groups in total. The SMILES string of the molecule is CC1=CCC(CC2CC(=O)C=CC2C)C1(C)C. The van der Waals surface area contributed by atoms with E-state index in [4.69, 9.17) is 0 Å². The summed E-state index contributed by atoms with van der Waals surface area (Å²) in [6.45, 7) is 9.19. The van der Waals surface area contributed by atoms with Crippen LogP contribution in [-0.4, -0.2) is 5.78 Å². The zero-order valence-corrected chi connectivity index (χ0v) is 11.5. The van der Waals surface area contributed by atoms with Gasteiger partial charge in [-0.1, -0.05) is 38.5 Å². The van der Waals surface area contributed by atoms with E-state index in [1.165, 1.54) is 18.4 Å². The molecule has 0 bridgehead atoms. The molecule has 1 nitrogen and oxygen atoms in total. The van der Waals surface area contributed by atoms with Crippen molar-refractivity contribution in [2.24, 2.45) is 23.2 Å². The summed E-state index contributed by atoms with van der Waals surface area (Å²) < 4.78 is 0. The summed E-state index contributed by atoms with van der Waals surface area (Å²) in [7, 11) is 0. The van der Waals surface area contributed by atoms with E-state index < -0.39 is 0 Å². The number of carbonyl (C=O) groups is 1. The van der Waals surface area contributed by atoms with Gasteiger partial charge in [-0.05, 0) is 49.0 Å². The van der Waals surface area contributed by atoms with Crippen molar-refractivity contribution in [1.29, 1.82) is 0 Å². The van der Waals surface area contributed by atoms with Crippen LogP contribution in [0.1, 0.15) is 47.0 Å². The van der Waals surface area contributed by atoms with Gasteiger partial charge in [0.25, 0.3) is 0 Å². The molecule has 0 spiro atoms. The second kappa shape index (κ2) is 4.44. The van der Waals surface area contributed by atoms with Gasteiger partial charge in [-0.2, -0.15) is 0 Å². The highest BCUT2D eigenvalue weighted by atomic mass is 16.1. The molecule has 0 fully saturated rings. The zero-order chi connectivity index (χ0) is 12.6. The molecule has 94 valence electrons. The van der Waals surface area contributed by atoms with E-state index in [-0.39, 0.29) is 0 Å². The van der Waals surface area contributed by atoms with Gasteiger partial charge >= 0.3 is 0 Å². The van der Waals surface area contributed by atoms with Gasteiger partial charge in [-0.25, -0.2) is 0 Å². The van der Waals surface area contributed by atoms with Crippen molar-refractivity contribution in [3.63, 3.8) is 0 Å². The Hall–Kier alpha value is -0.850. The third kappa shape index (κ3) is 2.38. The average Bonchev–Trinajstić information content (AvgIpc) is 2.50. The second-order valence-corrected chi connectivity index (χ2v) is 6.43. The molecule has 17 heavy (non-hydrogen) atoms. The first-order valence-corrected chi connectivity index (χ1v) is 6.79. The lowest BCUT2D eigenvalue weighted by atomic mass is 9.70. The molecule has 0 aliphatic heterocycles. The van der Waals surface area contributed by atoms with E-state index in [1.807, 2.05) is 0 Å². The maximum atomic E-state index is 11.5. The summed E-state index contributed by atoms with van der Waals surface area (Å²) >= 11 is 0. The average molecular weight is 232 g/mol. The molecule has 2 aliphatic rings. The molecule has 2 aliphatic carbocycles. The third-order valence-corrected chi connectivity index (χ3v) is 5.13. The van der Waals surface area contributed by atoms with Crippen molar-refractivity contribution >= 4 is 5.78 Å². The number of rotatable bonds is 2. The highest BCUT2D eigenvalue weighted by Gasteiger charge is 2.37. The Kier molecular flexibility index (Phi) is 3.29. The fraction of sp³-hybridized carbons (Fsp3) is 0.688. The maximum Gasteiger partial charge on any atom is 0.155 e. The molecule has 0 radical (unpaired) electrons. The van der Waals surface area contributed by atoms with Crippen molar-refractivity contribution in [3.8, 4) is 0 Å². The van der Waals surface area contributed by atoms with Gasteiger partial charge in [0.2, 0.25) is 0 Å². The smallest absolute Gasteiger partial charge is 0.155 e. The molecule has 0 saturated carbocycles. The molecule has 2 rings (SSSR count). The first-order valence-electron chi connectivity index (χ1n) is 6.79. The highest BCUT2D eigenvalue weighted by Crippen LogP contribution is 2.47. The number of allylic oxidation sites excluding steroid dienone is 4. The van der Waals surface area contributed by atoms with Gasteiger partial charge in [0, 0.05) is 6.42 Å². The fourth-order valence-corrected chi connectivity index (χ4v) is 3.18. The Morgan fingerprint density at radius 1 is 1.41 bits per heavy atom. The summed E-state index contributed by atoms with van der Waals surface area (Å²) in [6.07, 6.45) is 9.39. The van der Waals surface area contributed by atoms with Gasteiger partial charge in [0.1, 0.15) is 0 Å². The Morgan fingerprint density at radius 3 is 2.71 bits per heavy atom. The predicted octanol–water partition coefficient (Wildman–Crippen LogP) is 4.15. The Morgan fingerprint density at radius 2 is 2.12 bits per heavy atom. The first kappa shape index (κ1) is 12.6. The number of hydrogen-bond acceptors (Lipinski definition) is 1. The molecule has 0 saturated heterocycles. The maximum absolute atomic E-state index is 11.5. The minimum absolute atomic E-state index is 0.314. The van der Waals surface area contributed by atoms with Crippen LogP contribution in [0.4, 0.5) is 0 Å². The summed E-state index contributed by atoms with van der Waals surface area (Å²) in [6, 6.07) is 0. The largest absolute Gasteiger partial charge is 0.295 e. The number of ketones is 1. The van der Waals surface area contributed by atoms with Crippen LogP contribution in [0.3, 0.4) is 0 Å². The van der Waals surface area contributed by atoms with Crippen molar-refractivity contribution < 1.29 is 4.79 Å². The second-order valence-electron chi connectivity index (χ2n) is 6.43. The van der Waals surface area contributed by atoms with Gasteiger partial charge in [-0.15, -0.1) is 0 Å². The lowest BCUT2D eigenvalue weighted by Gasteiger charge is -2.34. The van der Waals surface area contributed by atoms with Crippen LogP contribution >= 0.6 is 0 Å². The summed E-state index contributed by atoms with van der Waals surface area (Å²) in [4.78, 5) is 11.5. The van der Waals surface area contributed by atoms with Crippen LogP contribution in [0.25, 0.3) is 0 Å². The van der Waals surface area contributed by atoms with Gasteiger partial charge in [0.05, 0.1) is 0 Å². The normalized spacial score (nSPS) is 36.1. The monoisotopic (exact) mass is 232 g/mol. The van der Waals surface area contributed by atoms with E-state index >= 15 is 0 Å². The molecule has 0 aromatic rings. The van der Waals surface area contributed by atoms with Crippen molar-refractivity contribution in [1.82, 2.24) is 0 Å². The molecule has 0 amide bonds. The first-order chi connectivity index (χ1) is 7.91. The van der Waals surface area contributed by atoms with E-state index in [2.05, 4.69) is 39.8 Å². The molecule has 1 heteroatoms. The lowest BCUT2D eigenvalue weighted by Crippen LogP contribution is -2.27. The molecule has 0 aromatic carbocycles. The molecular formula is C16H24O. The van der Waals surface area contributed by atoms with E-state index in [1.54, 1.807) is 6.08 Å². The Labute approximate surface area is 105 Å². The van der Waals surface area contributed by atoms with Crippen molar-refractivity contribution in [2.45, 2.75) is 47.0 Å². The highest BCUT2D eigenvalue weighted by molar-refractivity contribution is 5.90. The van der Waals surface area contributed by atoms with Crippen LogP contribution in [0, 0.1) is 23.2 Å². The number of hydrogen-bond donors (Lipinski definition) is 0. The van der Waals surface area contributed by atoms with Gasteiger partial charge < -0.3 is 0 Å². The van der Waals surface area contributed by atoms with Crippen LogP contribution in [-0.2, 0) is 4.79 Å². The van der Waals surface area contributed by atoms with Crippen molar-refractivity contribution in [3.05, 3.63) is 23.8 Å². The minimum atomic E-state index is 0.314. The fourth-order valence-electron chi connectivity index (χ4n) is 3.18. The molecule has 3 atom stereocenters. The summed E-state index contributed by atoms with van der Waals surface area (Å²) in [5.41, 5.74) is 1.84. The van der Waals surface area contributed by atoms with E-state index in [0.717, 1.165) is 6.42 Å².